The van der Waals surface area contributed by atoms with E-state index in [1.54, 1.807) is 0 Å². The Labute approximate surface area is 123 Å². The van der Waals surface area contributed by atoms with Gasteiger partial charge in [-0.05, 0) is 18.2 Å². The van der Waals surface area contributed by atoms with Crippen molar-refractivity contribution in [1.29, 1.82) is 0 Å². The summed E-state index contributed by atoms with van der Waals surface area (Å²) in [6.45, 7) is -0.0244. The van der Waals surface area contributed by atoms with E-state index in [1.165, 1.54) is 24.5 Å². The van der Waals surface area contributed by atoms with Crippen LogP contribution in [0.1, 0.15) is 11.3 Å². The highest BCUT2D eigenvalue weighted by atomic mass is 35.5. The van der Waals surface area contributed by atoms with Crippen LogP contribution in [0, 0.1) is 0 Å². The Morgan fingerprint density at radius 1 is 1.33 bits per heavy atom. The van der Waals surface area contributed by atoms with Gasteiger partial charge in [0, 0.05) is 11.8 Å². The van der Waals surface area contributed by atoms with Crippen molar-refractivity contribution in [3.8, 4) is 0 Å². The van der Waals surface area contributed by atoms with Gasteiger partial charge >= 0.3 is 6.18 Å². The van der Waals surface area contributed by atoms with Crippen LogP contribution in [0.5, 0.6) is 0 Å². The molecular formula is C13H10ClF3N2O2. The van der Waals surface area contributed by atoms with Crippen molar-refractivity contribution < 1.29 is 22.5 Å². The van der Waals surface area contributed by atoms with E-state index >= 15 is 0 Å². The van der Waals surface area contributed by atoms with Crippen LogP contribution in [-0.4, -0.2) is 16.9 Å². The lowest BCUT2D eigenvalue weighted by Gasteiger charge is -2.21. The largest absolute Gasteiger partial charge is 0.416 e. The van der Waals surface area contributed by atoms with Crippen LogP contribution in [-0.2, 0) is 17.5 Å². The number of rotatable bonds is 4. The predicted molar refractivity (Wildman–Crippen MR) is 69.9 cm³/mol. The minimum absolute atomic E-state index is 0.0244. The maximum absolute atomic E-state index is 12.7. The van der Waals surface area contributed by atoms with Crippen molar-refractivity contribution in [2.45, 2.75) is 12.7 Å². The number of alkyl halides is 4. The molecule has 2 aromatic rings. The molecule has 2 rings (SSSR count). The van der Waals surface area contributed by atoms with Gasteiger partial charge in [-0.2, -0.15) is 13.2 Å². The Kier molecular flexibility index (Phi) is 4.52. The van der Waals surface area contributed by atoms with E-state index in [9.17, 15) is 18.0 Å². The molecule has 0 aliphatic rings. The normalized spacial score (nSPS) is 11.4. The number of hydrogen-bond acceptors (Lipinski definition) is 3. The summed E-state index contributed by atoms with van der Waals surface area (Å²) >= 11 is 5.51. The number of anilines is 1. The fourth-order valence-corrected chi connectivity index (χ4v) is 1.87. The fraction of sp³-hybridized carbons (Fsp3) is 0.231. The topological polar surface area (TPSA) is 46.3 Å². The van der Waals surface area contributed by atoms with Crippen LogP contribution in [0.15, 0.2) is 41.1 Å². The molecule has 0 atom stereocenters. The molecule has 1 amide bonds. The van der Waals surface area contributed by atoms with Gasteiger partial charge in [0.05, 0.1) is 12.1 Å². The Morgan fingerprint density at radius 2 is 2.10 bits per heavy atom. The summed E-state index contributed by atoms with van der Waals surface area (Å²) in [7, 11) is 0. The van der Waals surface area contributed by atoms with E-state index in [0.29, 0.717) is 5.69 Å². The molecule has 0 spiro atoms. The summed E-state index contributed by atoms with van der Waals surface area (Å²) < 4.78 is 42.8. The third-order valence-corrected chi connectivity index (χ3v) is 2.94. The molecule has 112 valence electrons. The Bertz CT molecular complexity index is 614. The molecule has 1 aromatic heterocycles. The quantitative estimate of drug-likeness (QED) is 0.811. The van der Waals surface area contributed by atoms with E-state index in [0.717, 1.165) is 17.0 Å². The van der Waals surface area contributed by atoms with Crippen molar-refractivity contribution >= 4 is 23.2 Å². The number of halogens is 4. The molecule has 0 aliphatic heterocycles. The predicted octanol–water partition coefficient (Wildman–Crippen LogP) is 3.47. The first-order valence-corrected chi connectivity index (χ1v) is 6.38. The first-order chi connectivity index (χ1) is 9.91. The lowest BCUT2D eigenvalue weighted by Crippen LogP contribution is -2.31. The lowest BCUT2D eigenvalue weighted by atomic mass is 10.1. The molecule has 0 aliphatic carbocycles. The van der Waals surface area contributed by atoms with Gasteiger partial charge in [0.2, 0.25) is 5.91 Å². The summed E-state index contributed by atoms with van der Waals surface area (Å²) in [6, 6.07) is 5.98. The summed E-state index contributed by atoms with van der Waals surface area (Å²) in [5.41, 5.74) is -0.336. The van der Waals surface area contributed by atoms with Crippen molar-refractivity contribution in [1.82, 2.24) is 5.16 Å². The number of carbonyl (C=O) groups excluding carboxylic acids is 1. The lowest BCUT2D eigenvalue weighted by molar-refractivity contribution is -0.137. The standard InChI is InChI=1S/C13H10ClF3N2O2/c14-7-12(20)19(8-10-4-5-21-18-10)11-3-1-2-9(6-11)13(15,16)17/h1-6H,7-8H2. The Balaban J connectivity index is 2.35. The van der Waals surface area contributed by atoms with Crippen molar-refractivity contribution in [2.24, 2.45) is 0 Å². The van der Waals surface area contributed by atoms with Gasteiger partial charge in [0.15, 0.2) is 0 Å². The van der Waals surface area contributed by atoms with Crippen LogP contribution in [0.3, 0.4) is 0 Å². The second-order valence-corrected chi connectivity index (χ2v) is 4.42. The number of nitrogens with zero attached hydrogens (tertiary/aromatic N) is 2. The van der Waals surface area contributed by atoms with Gasteiger partial charge < -0.3 is 9.42 Å². The molecular weight excluding hydrogens is 309 g/mol. The molecule has 0 N–H and O–H groups in total. The molecule has 1 heterocycles. The number of carbonyl (C=O) groups is 1. The zero-order valence-electron chi connectivity index (χ0n) is 10.6. The van der Waals surface area contributed by atoms with Crippen molar-refractivity contribution in [2.75, 3.05) is 10.8 Å². The second kappa shape index (κ2) is 6.17. The maximum Gasteiger partial charge on any atom is 0.416 e. The van der Waals surface area contributed by atoms with Gasteiger partial charge in [-0.1, -0.05) is 11.2 Å². The molecule has 0 saturated heterocycles. The molecule has 1 aromatic carbocycles. The van der Waals surface area contributed by atoms with E-state index in [-0.39, 0.29) is 18.1 Å². The van der Waals surface area contributed by atoms with Crippen LogP contribution >= 0.6 is 11.6 Å². The van der Waals surface area contributed by atoms with Gasteiger partial charge in [0.1, 0.15) is 17.8 Å². The van der Waals surface area contributed by atoms with Gasteiger partial charge in [-0.3, -0.25) is 4.79 Å². The molecule has 0 saturated carbocycles. The minimum Gasteiger partial charge on any atom is -0.364 e. The van der Waals surface area contributed by atoms with E-state index < -0.39 is 17.6 Å². The maximum atomic E-state index is 12.7. The number of amides is 1. The molecule has 8 heteroatoms. The number of benzene rings is 1. The zero-order valence-corrected chi connectivity index (χ0v) is 11.4. The molecule has 4 nitrogen and oxygen atoms in total. The van der Waals surface area contributed by atoms with Crippen LogP contribution in [0.2, 0.25) is 0 Å². The van der Waals surface area contributed by atoms with Crippen molar-refractivity contribution in [3.63, 3.8) is 0 Å². The highest BCUT2D eigenvalue weighted by molar-refractivity contribution is 6.29. The second-order valence-electron chi connectivity index (χ2n) is 4.15. The third-order valence-electron chi connectivity index (χ3n) is 2.71. The van der Waals surface area contributed by atoms with Gasteiger partial charge in [-0.25, -0.2) is 0 Å². The summed E-state index contributed by atoms with van der Waals surface area (Å²) in [6.07, 6.45) is -3.18. The van der Waals surface area contributed by atoms with E-state index in [2.05, 4.69) is 9.68 Å². The Morgan fingerprint density at radius 3 is 2.67 bits per heavy atom. The van der Waals surface area contributed by atoms with Gasteiger partial charge in [-0.15, -0.1) is 11.6 Å². The average Bonchev–Trinajstić information content (AvgIpc) is 2.96. The van der Waals surface area contributed by atoms with Gasteiger partial charge in [0.25, 0.3) is 0 Å². The van der Waals surface area contributed by atoms with Crippen LogP contribution < -0.4 is 4.90 Å². The molecule has 21 heavy (non-hydrogen) atoms. The summed E-state index contributed by atoms with van der Waals surface area (Å²) in [5.74, 6) is -0.882. The van der Waals surface area contributed by atoms with Crippen LogP contribution in [0.4, 0.5) is 18.9 Å². The first-order valence-electron chi connectivity index (χ1n) is 5.84. The Hall–Kier alpha value is -2.02. The number of hydrogen-bond donors (Lipinski definition) is 0. The first kappa shape index (κ1) is 15.4. The van der Waals surface area contributed by atoms with Crippen molar-refractivity contribution in [3.05, 3.63) is 47.9 Å². The fourth-order valence-electron chi connectivity index (χ4n) is 1.73. The van der Waals surface area contributed by atoms with E-state index in [1.807, 2.05) is 0 Å². The molecule has 0 radical (unpaired) electrons. The molecule has 0 unspecified atom stereocenters. The minimum atomic E-state index is -4.49. The monoisotopic (exact) mass is 318 g/mol. The number of aromatic nitrogens is 1. The smallest absolute Gasteiger partial charge is 0.364 e. The average molecular weight is 319 g/mol. The highest BCUT2D eigenvalue weighted by Crippen LogP contribution is 2.32. The highest BCUT2D eigenvalue weighted by Gasteiger charge is 2.31. The SMILES string of the molecule is O=C(CCl)N(Cc1ccon1)c1cccc(C(F)(F)F)c1. The molecule has 0 bridgehead atoms. The zero-order chi connectivity index (χ0) is 15.5. The summed E-state index contributed by atoms with van der Waals surface area (Å²) in [4.78, 5) is 13.0. The third kappa shape index (κ3) is 3.75. The van der Waals surface area contributed by atoms with E-state index in [4.69, 9.17) is 11.6 Å². The van der Waals surface area contributed by atoms with Crippen LogP contribution in [0.25, 0.3) is 0 Å². The molecule has 0 fully saturated rings. The summed E-state index contributed by atoms with van der Waals surface area (Å²) in [5, 5.41) is 3.64.